The second-order valence-corrected chi connectivity index (χ2v) is 6.93. The number of nitrogens with one attached hydrogen (secondary N) is 2. The average molecular weight is 407 g/mol. The van der Waals surface area contributed by atoms with E-state index in [1.807, 2.05) is 6.07 Å². The molecule has 3 N–H and O–H groups in total. The quantitative estimate of drug-likeness (QED) is 0.515. The summed E-state index contributed by atoms with van der Waals surface area (Å²) in [5.41, 5.74) is 0.514. The van der Waals surface area contributed by atoms with E-state index in [1.165, 1.54) is 23.9 Å². The maximum atomic E-state index is 12.5. The Balaban J connectivity index is 1.62. The van der Waals surface area contributed by atoms with E-state index in [9.17, 15) is 19.5 Å². The van der Waals surface area contributed by atoms with Gasteiger partial charge in [-0.3, -0.25) is 9.59 Å². The van der Waals surface area contributed by atoms with Crippen LogP contribution in [0.25, 0.3) is 0 Å². The van der Waals surface area contributed by atoms with Gasteiger partial charge in [-0.1, -0.05) is 24.3 Å². The summed E-state index contributed by atoms with van der Waals surface area (Å²) in [5.74, 6) is -1.22. The van der Waals surface area contributed by atoms with Gasteiger partial charge >= 0.3 is 5.97 Å². The molecular formula is C21H17N3O4S. The molecule has 0 aliphatic heterocycles. The number of aromatic nitrogens is 1. The monoisotopic (exact) mass is 407 g/mol. The van der Waals surface area contributed by atoms with E-state index in [4.69, 9.17) is 0 Å². The van der Waals surface area contributed by atoms with Gasteiger partial charge < -0.3 is 15.7 Å². The number of carbonyl (C=O) groups is 3. The number of nitrogens with zero attached hydrogens (tertiary/aromatic N) is 1. The van der Waals surface area contributed by atoms with Gasteiger partial charge in [-0.25, -0.2) is 9.78 Å². The summed E-state index contributed by atoms with van der Waals surface area (Å²) in [6.45, 7) is 0. The third kappa shape index (κ3) is 5.66. The van der Waals surface area contributed by atoms with Crippen molar-refractivity contribution in [2.45, 2.75) is 4.90 Å². The van der Waals surface area contributed by atoms with Crippen molar-refractivity contribution >= 4 is 41.1 Å². The Bertz CT molecular complexity index is 1040. The Morgan fingerprint density at radius 2 is 1.66 bits per heavy atom. The molecule has 2 amide bonds. The molecule has 8 heteroatoms. The zero-order valence-electron chi connectivity index (χ0n) is 15.2. The predicted octanol–water partition coefficient (Wildman–Crippen LogP) is 3.76. The first-order valence-corrected chi connectivity index (χ1v) is 9.59. The number of amides is 2. The fraction of sp³-hybridized carbons (Fsp3) is 0.0476. The van der Waals surface area contributed by atoms with Gasteiger partial charge in [-0.2, -0.15) is 0 Å². The zero-order valence-corrected chi connectivity index (χ0v) is 16.0. The van der Waals surface area contributed by atoms with Crippen molar-refractivity contribution < 1.29 is 19.5 Å². The maximum absolute atomic E-state index is 12.5. The Hall–Kier alpha value is -3.65. The first-order chi connectivity index (χ1) is 14.0. The number of carboxylic acid groups (broad SMARTS) is 1. The highest BCUT2D eigenvalue weighted by molar-refractivity contribution is 8.00. The summed E-state index contributed by atoms with van der Waals surface area (Å²) < 4.78 is 0. The van der Waals surface area contributed by atoms with Crippen LogP contribution in [0, 0.1) is 0 Å². The highest BCUT2D eigenvalue weighted by Crippen LogP contribution is 2.22. The van der Waals surface area contributed by atoms with E-state index in [0.29, 0.717) is 11.5 Å². The number of hydrogen-bond donors (Lipinski definition) is 3. The van der Waals surface area contributed by atoms with Crippen LogP contribution in [-0.4, -0.2) is 33.6 Å². The molecule has 1 heterocycles. The number of pyridine rings is 1. The molecule has 7 nitrogen and oxygen atoms in total. The second-order valence-electron chi connectivity index (χ2n) is 5.88. The molecule has 1 aromatic heterocycles. The van der Waals surface area contributed by atoms with Crippen LogP contribution in [0.3, 0.4) is 0 Å². The van der Waals surface area contributed by atoms with Crippen LogP contribution in [0.15, 0.2) is 77.8 Å². The molecule has 146 valence electrons. The highest BCUT2D eigenvalue weighted by atomic mass is 32.2. The summed E-state index contributed by atoms with van der Waals surface area (Å²) in [5, 5.41) is 14.6. The van der Waals surface area contributed by atoms with Crippen molar-refractivity contribution in [1.82, 2.24) is 4.98 Å². The molecule has 0 radical (unpaired) electrons. The van der Waals surface area contributed by atoms with Gasteiger partial charge in [-0.15, -0.1) is 11.8 Å². The molecule has 0 bridgehead atoms. The van der Waals surface area contributed by atoms with E-state index in [-0.39, 0.29) is 22.8 Å². The largest absolute Gasteiger partial charge is 0.478 e. The van der Waals surface area contributed by atoms with Crippen molar-refractivity contribution in [3.05, 3.63) is 84.1 Å². The van der Waals surface area contributed by atoms with Crippen LogP contribution >= 0.6 is 11.8 Å². The van der Waals surface area contributed by atoms with Crippen molar-refractivity contribution in [1.29, 1.82) is 0 Å². The Morgan fingerprint density at radius 3 is 2.38 bits per heavy atom. The fourth-order valence-electron chi connectivity index (χ4n) is 2.49. The SMILES string of the molecule is O=C(CSc1cccc(NC(=O)c2ccccc2C(=O)O)c1)Nc1ccccn1. The zero-order chi connectivity index (χ0) is 20.6. The molecule has 3 rings (SSSR count). The van der Waals surface area contributed by atoms with E-state index in [0.717, 1.165) is 4.90 Å². The van der Waals surface area contributed by atoms with Crippen LogP contribution in [-0.2, 0) is 4.79 Å². The standard InChI is InChI=1S/C21H17N3O4S/c25-19(24-18-10-3-4-11-22-18)13-29-15-7-5-6-14(12-15)23-20(26)16-8-1-2-9-17(16)21(27)28/h1-12H,13H2,(H,23,26)(H,27,28)(H,22,24,25). The van der Waals surface area contributed by atoms with Gasteiger partial charge in [-0.05, 0) is 42.5 Å². The molecule has 0 saturated heterocycles. The molecule has 0 unspecified atom stereocenters. The lowest BCUT2D eigenvalue weighted by Gasteiger charge is -2.09. The fourth-order valence-corrected chi connectivity index (χ4v) is 3.25. The molecule has 0 spiro atoms. The van der Waals surface area contributed by atoms with E-state index in [1.54, 1.807) is 54.7 Å². The topological polar surface area (TPSA) is 108 Å². The number of carbonyl (C=O) groups excluding carboxylic acids is 2. The summed E-state index contributed by atoms with van der Waals surface area (Å²) in [6, 6.07) is 18.2. The Kier molecular flexibility index (Phi) is 6.59. The van der Waals surface area contributed by atoms with Crippen molar-refractivity contribution in [2.24, 2.45) is 0 Å². The van der Waals surface area contributed by atoms with Gasteiger partial charge in [0.1, 0.15) is 5.82 Å². The number of anilines is 2. The first kappa shape index (κ1) is 20.1. The van der Waals surface area contributed by atoms with E-state index >= 15 is 0 Å². The predicted molar refractivity (Wildman–Crippen MR) is 111 cm³/mol. The maximum Gasteiger partial charge on any atom is 0.336 e. The average Bonchev–Trinajstić information content (AvgIpc) is 2.73. The molecule has 0 fully saturated rings. The van der Waals surface area contributed by atoms with E-state index in [2.05, 4.69) is 15.6 Å². The lowest BCUT2D eigenvalue weighted by Crippen LogP contribution is -2.16. The van der Waals surface area contributed by atoms with Gasteiger partial charge in [0.05, 0.1) is 16.9 Å². The first-order valence-electron chi connectivity index (χ1n) is 8.60. The molecular weight excluding hydrogens is 390 g/mol. The smallest absolute Gasteiger partial charge is 0.336 e. The molecule has 0 saturated carbocycles. The summed E-state index contributed by atoms with van der Waals surface area (Å²) >= 11 is 1.31. The van der Waals surface area contributed by atoms with E-state index < -0.39 is 11.9 Å². The number of thioether (sulfide) groups is 1. The normalized spacial score (nSPS) is 10.2. The highest BCUT2D eigenvalue weighted by Gasteiger charge is 2.16. The number of benzene rings is 2. The van der Waals surface area contributed by atoms with Gasteiger partial charge in [0.15, 0.2) is 0 Å². The van der Waals surface area contributed by atoms with Crippen LogP contribution in [0.2, 0.25) is 0 Å². The Morgan fingerprint density at radius 1 is 0.897 bits per heavy atom. The molecule has 2 aromatic carbocycles. The second kappa shape index (κ2) is 9.52. The minimum Gasteiger partial charge on any atom is -0.478 e. The minimum atomic E-state index is -1.17. The molecule has 0 aliphatic carbocycles. The van der Waals surface area contributed by atoms with Crippen molar-refractivity contribution in [3.8, 4) is 0 Å². The van der Waals surface area contributed by atoms with Crippen LogP contribution < -0.4 is 10.6 Å². The van der Waals surface area contributed by atoms with Crippen LogP contribution in [0.4, 0.5) is 11.5 Å². The van der Waals surface area contributed by atoms with Crippen molar-refractivity contribution in [2.75, 3.05) is 16.4 Å². The molecule has 0 aliphatic rings. The van der Waals surface area contributed by atoms with Crippen molar-refractivity contribution in [3.63, 3.8) is 0 Å². The summed E-state index contributed by atoms with van der Waals surface area (Å²) in [4.78, 5) is 40.6. The lowest BCUT2D eigenvalue weighted by molar-refractivity contribution is -0.113. The van der Waals surface area contributed by atoms with Gasteiger partial charge in [0.25, 0.3) is 5.91 Å². The molecule has 3 aromatic rings. The minimum absolute atomic E-state index is 0.0678. The number of aromatic carboxylic acids is 1. The third-order valence-corrected chi connectivity index (χ3v) is 4.79. The Labute approximate surface area is 171 Å². The number of rotatable bonds is 7. The van der Waals surface area contributed by atoms with Crippen LogP contribution in [0.5, 0.6) is 0 Å². The van der Waals surface area contributed by atoms with Crippen LogP contribution in [0.1, 0.15) is 20.7 Å². The summed E-state index contributed by atoms with van der Waals surface area (Å²) in [6.07, 6.45) is 1.59. The summed E-state index contributed by atoms with van der Waals surface area (Å²) in [7, 11) is 0. The lowest BCUT2D eigenvalue weighted by atomic mass is 10.1. The number of hydrogen-bond acceptors (Lipinski definition) is 5. The third-order valence-electron chi connectivity index (χ3n) is 3.80. The molecule has 29 heavy (non-hydrogen) atoms. The number of carboxylic acids is 1. The molecule has 0 atom stereocenters. The van der Waals surface area contributed by atoms with Gasteiger partial charge in [0.2, 0.25) is 5.91 Å². The van der Waals surface area contributed by atoms with Gasteiger partial charge in [0, 0.05) is 16.8 Å².